The van der Waals surface area contributed by atoms with Gasteiger partial charge >= 0.3 is 0 Å². The first kappa shape index (κ1) is 12.2. The molecule has 96 valence electrons. The van der Waals surface area contributed by atoms with Crippen LogP contribution in [0, 0.1) is 0 Å². The monoisotopic (exact) mass is 316 g/mol. The summed E-state index contributed by atoms with van der Waals surface area (Å²) in [7, 11) is 0. The van der Waals surface area contributed by atoms with Crippen molar-refractivity contribution >= 4 is 33.2 Å². The van der Waals surface area contributed by atoms with Gasteiger partial charge in [-0.3, -0.25) is 4.79 Å². The van der Waals surface area contributed by atoms with Crippen molar-refractivity contribution in [2.45, 2.75) is 13.0 Å². The fourth-order valence-electron chi connectivity index (χ4n) is 2.39. The van der Waals surface area contributed by atoms with Gasteiger partial charge in [0.25, 0.3) is 0 Å². The Balaban J connectivity index is 1.92. The molecule has 0 fully saturated rings. The molecule has 0 saturated heterocycles. The third kappa shape index (κ3) is 2.36. The number of hydrogen-bond donors (Lipinski definition) is 1. The fraction of sp³-hybridized carbons (Fsp3) is 0.133. The number of fused-ring (bicyclic) bond motifs is 1. The summed E-state index contributed by atoms with van der Waals surface area (Å²) in [6.07, 6.45) is 0.439. The van der Waals surface area contributed by atoms with Gasteiger partial charge < -0.3 is 10.6 Å². The zero-order valence-electron chi connectivity index (χ0n) is 10.3. The number of carbonyl (C=O) groups excluding carboxylic acids is 1. The van der Waals surface area contributed by atoms with Crippen LogP contribution in [0.3, 0.4) is 0 Å². The minimum atomic E-state index is 0.126. The molecule has 0 bridgehead atoms. The number of anilines is 2. The molecule has 3 rings (SSSR count). The molecule has 2 N–H and O–H groups in total. The highest BCUT2D eigenvalue weighted by Gasteiger charge is 2.27. The van der Waals surface area contributed by atoms with E-state index in [1.807, 2.05) is 47.4 Å². The molecule has 0 spiro atoms. The average Bonchev–Trinajstić information content (AvgIpc) is 2.65. The predicted molar refractivity (Wildman–Crippen MR) is 79.9 cm³/mol. The molecule has 1 aliphatic heterocycles. The molecule has 1 amide bonds. The van der Waals surface area contributed by atoms with Crippen LogP contribution in [0.2, 0.25) is 0 Å². The van der Waals surface area contributed by atoms with Gasteiger partial charge in [0, 0.05) is 15.8 Å². The summed E-state index contributed by atoms with van der Waals surface area (Å²) in [6, 6.07) is 13.6. The molecule has 0 unspecified atom stereocenters. The highest BCUT2D eigenvalue weighted by molar-refractivity contribution is 9.10. The molecule has 0 saturated carbocycles. The van der Waals surface area contributed by atoms with Crippen LogP contribution >= 0.6 is 15.9 Å². The first-order chi connectivity index (χ1) is 9.13. The van der Waals surface area contributed by atoms with E-state index in [4.69, 9.17) is 5.73 Å². The molecule has 0 aliphatic carbocycles. The molecule has 4 heteroatoms. The Kier molecular flexibility index (Phi) is 3.03. The molecule has 1 heterocycles. The normalized spacial score (nSPS) is 13.7. The summed E-state index contributed by atoms with van der Waals surface area (Å²) < 4.78 is 1.02. The van der Waals surface area contributed by atoms with Crippen molar-refractivity contribution in [2.24, 2.45) is 0 Å². The van der Waals surface area contributed by atoms with Gasteiger partial charge in [0.1, 0.15) is 0 Å². The topological polar surface area (TPSA) is 46.3 Å². The lowest BCUT2D eigenvalue weighted by Gasteiger charge is -2.17. The van der Waals surface area contributed by atoms with E-state index in [2.05, 4.69) is 15.9 Å². The van der Waals surface area contributed by atoms with Crippen LogP contribution in [-0.2, 0) is 17.8 Å². The predicted octanol–water partition coefficient (Wildman–Crippen LogP) is 3.12. The molecule has 0 radical (unpaired) electrons. The lowest BCUT2D eigenvalue weighted by atomic mass is 10.1. The maximum atomic E-state index is 12.1. The molecule has 2 aromatic carbocycles. The number of rotatable bonds is 2. The summed E-state index contributed by atoms with van der Waals surface area (Å²) in [5.74, 6) is 0.126. The van der Waals surface area contributed by atoms with E-state index < -0.39 is 0 Å². The van der Waals surface area contributed by atoms with Gasteiger partial charge in [-0.05, 0) is 41.5 Å². The number of nitrogens with two attached hydrogens (primary N) is 1. The average molecular weight is 317 g/mol. The van der Waals surface area contributed by atoms with Gasteiger partial charge in [-0.2, -0.15) is 0 Å². The van der Waals surface area contributed by atoms with Crippen molar-refractivity contribution in [1.29, 1.82) is 0 Å². The van der Waals surface area contributed by atoms with Crippen LogP contribution in [0.15, 0.2) is 46.9 Å². The van der Waals surface area contributed by atoms with Gasteiger partial charge in [0.05, 0.1) is 13.0 Å². The lowest BCUT2D eigenvalue weighted by Crippen LogP contribution is -2.25. The van der Waals surface area contributed by atoms with Crippen molar-refractivity contribution in [1.82, 2.24) is 0 Å². The minimum absolute atomic E-state index is 0.126. The molecule has 19 heavy (non-hydrogen) atoms. The number of amides is 1. The minimum Gasteiger partial charge on any atom is -0.399 e. The number of benzene rings is 2. The Morgan fingerprint density at radius 1 is 1.21 bits per heavy atom. The zero-order chi connectivity index (χ0) is 13.4. The Labute approximate surface area is 120 Å². The van der Waals surface area contributed by atoms with Crippen molar-refractivity contribution in [3.8, 4) is 0 Å². The smallest absolute Gasteiger partial charge is 0.231 e. The molecule has 1 aliphatic rings. The zero-order valence-corrected chi connectivity index (χ0v) is 11.9. The van der Waals surface area contributed by atoms with Gasteiger partial charge in [-0.25, -0.2) is 0 Å². The first-order valence-electron chi connectivity index (χ1n) is 6.07. The van der Waals surface area contributed by atoms with E-state index in [1.54, 1.807) is 0 Å². The summed E-state index contributed by atoms with van der Waals surface area (Å²) in [5, 5.41) is 0. The Morgan fingerprint density at radius 2 is 2.05 bits per heavy atom. The Morgan fingerprint density at radius 3 is 2.84 bits per heavy atom. The number of halogens is 1. The van der Waals surface area contributed by atoms with Crippen molar-refractivity contribution in [2.75, 3.05) is 10.6 Å². The second-order valence-corrected chi connectivity index (χ2v) is 5.59. The Bertz CT molecular complexity index is 654. The quantitative estimate of drug-likeness (QED) is 0.865. The molecule has 3 nitrogen and oxygen atoms in total. The first-order valence-corrected chi connectivity index (χ1v) is 6.86. The van der Waals surface area contributed by atoms with Gasteiger partial charge in [0.2, 0.25) is 5.91 Å². The highest BCUT2D eigenvalue weighted by Crippen LogP contribution is 2.31. The molecule has 2 aromatic rings. The van der Waals surface area contributed by atoms with E-state index in [0.29, 0.717) is 18.7 Å². The summed E-state index contributed by atoms with van der Waals surface area (Å²) >= 11 is 3.45. The van der Waals surface area contributed by atoms with Crippen LogP contribution in [0.1, 0.15) is 11.1 Å². The third-order valence-corrected chi connectivity index (χ3v) is 3.76. The van der Waals surface area contributed by atoms with Crippen LogP contribution in [-0.4, -0.2) is 5.91 Å². The third-order valence-electron chi connectivity index (χ3n) is 3.27. The number of hydrogen-bond acceptors (Lipinski definition) is 2. The van der Waals surface area contributed by atoms with Crippen molar-refractivity contribution < 1.29 is 4.79 Å². The number of nitrogens with zero attached hydrogens (tertiary/aromatic N) is 1. The van der Waals surface area contributed by atoms with E-state index >= 15 is 0 Å². The molecule has 0 atom stereocenters. The lowest BCUT2D eigenvalue weighted by molar-refractivity contribution is -0.117. The van der Waals surface area contributed by atoms with E-state index in [9.17, 15) is 4.79 Å². The van der Waals surface area contributed by atoms with Crippen LogP contribution in [0.4, 0.5) is 11.4 Å². The highest BCUT2D eigenvalue weighted by atomic mass is 79.9. The van der Waals surface area contributed by atoms with Crippen molar-refractivity contribution in [3.63, 3.8) is 0 Å². The maximum Gasteiger partial charge on any atom is 0.231 e. The second kappa shape index (κ2) is 4.70. The van der Waals surface area contributed by atoms with Gasteiger partial charge in [0.15, 0.2) is 0 Å². The van der Waals surface area contributed by atoms with Crippen LogP contribution in [0.5, 0.6) is 0 Å². The SMILES string of the molecule is Nc1ccc2c(c1)CC(=O)N2Cc1cccc(Br)c1. The largest absolute Gasteiger partial charge is 0.399 e. The van der Waals surface area contributed by atoms with Gasteiger partial charge in [-0.1, -0.05) is 28.1 Å². The standard InChI is InChI=1S/C15H13BrN2O/c16-12-3-1-2-10(6-12)9-18-14-5-4-13(17)7-11(14)8-15(18)19/h1-7H,8-9,17H2. The number of carbonyl (C=O) groups is 1. The van der Waals surface area contributed by atoms with E-state index in [0.717, 1.165) is 21.3 Å². The summed E-state index contributed by atoms with van der Waals surface area (Å²) in [5.41, 5.74) is 9.55. The summed E-state index contributed by atoms with van der Waals surface area (Å²) in [4.78, 5) is 13.9. The molecule has 0 aromatic heterocycles. The second-order valence-electron chi connectivity index (χ2n) is 4.67. The number of nitrogen functional groups attached to an aromatic ring is 1. The maximum absolute atomic E-state index is 12.1. The molecular weight excluding hydrogens is 304 g/mol. The van der Waals surface area contributed by atoms with Crippen LogP contribution < -0.4 is 10.6 Å². The van der Waals surface area contributed by atoms with Gasteiger partial charge in [-0.15, -0.1) is 0 Å². The van der Waals surface area contributed by atoms with Crippen molar-refractivity contribution in [3.05, 3.63) is 58.1 Å². The molecular formula is C15H13BrN2O. The summed E-state index contributed by atoms with van der Waals surface area (Å²) in [6.45, 7) is 0.592. The van der Waals surface area contributed by atoms with Crippen LogP contribution in [0.25, 0.3) is 0 Å². The Hall–Kier alpha value is -1.81. The van der Waals surface area contributed by atoms with E-state index in [-0.39, 0.29) is 5.91 Å². The van der Waals surface area contributed by atoms with E-state index in [1.165, 1.54) is 0 Å². The fourth-order valence-corrected chi connectivity index (χ4v) is 2.84.